The van der Waals surface area contributed by atoms with E-state index in [1.807, 2.05) is 0 Å². The molecular formula is C11H10O2. The van der Waals surface area contributed by atoms with Crippen LogP contribution in [0.15, 0.2) is 23.3 Å². The van der Waals surface area contributed by atoms with Gasteiger partial charge in [-0.05, 0) is 43.3 Å². The molecule has 3 rings (SSSR count). The number of allylic oxidation sites excluding steroid dienone is 4. The average Bonchev–Trinajstić information content (AvgIpc) is 2.70. The van der Waals surface area contributed by atoms with Crippen LogP contribution < -0.4 is 0 Å². The fourth-order valence-electron chi connectivity index (χ4n) is 2.94. The Morgan fingerprint density at radius 3 is 1.85 bits per heavy atom. The summed E-state index contributed by atoms with van der Waals surface area (Å²) in [6, 6.07) is 0. The number of hydrogen-bond acceptors (Lipinski definition) is 2. The van der Waals surface area contributed by atoms with Crippen molar-refractivity contribution in [1.29, 1.82) is 0 Å². The van der Waals surface area contributed by atoms with Gasteiger partial charge in [0.2, 0.25) is 0 Å². The normalized spacial score (nSPS) is 36.0. The predicted molar refractivity (Wildman–Crippen MR) is 47.0 cm³/mol. The summed E-state index contributed by atoms with van der Waals surface area (Å²) in [4.78, 5) is 23.0. The lowest BCUT2D eigenvalue weighted by molar-refractivity contribution is -0.115. The molecule has 0 saturated heterocycles. The SMILES string of the molecule is O=C1C=CC(=O)C2=C1[C@@H]1CC[C@H]2C1. The summed E-state index contributed by atoms with van der Waals surface area (Å²) in [5.41, 5.74) is 1.70. The minimum Gasteiger partial charge on any atom is -0.290 e. The van der Waals surface area contributed by atoms with E-state index in [-0.39, 0.29) is 11.6 Å². The number of carbonyl (C=O) groups excluding carboxylic acids is 2. The van der Waals surface area contributed by atoms with Gasteiger partial charge < -0.3 is 0 Å². The van der Waals surface area contributed by atoms with E-state index in [1.165, 1.54) is 12.2 Å². The van der Waals surface area contributed by atoms with Crippen LogP contribution in [0.1, 0.15) is 19.3 Å². The lowest BCUT2D eigenvalue weighted by atomic mass is 9.84. The summed E-state index contributed by atoms with van der Waals surface area (Å²) in [5.74, 6) is 0.978. The molecule has 0 spiro atoms. The van der Waals surface area contributed by atoms with Crippen molar-refractivity contribution in [3.05, 3.63) is 23.3 Å². The quantitative estimate of drug-likeness (QED) is 0.520. The van der Waals surface area contributed by atoms with Crippen LogP contribution >= 0.6 is 0 Å². The van der Waals surface area contributed by atoms with Gasteiger partial charge in [0.25, 0.3) is 0 Å². The van der Waals surface area contributed by atoms with E-state index in [9.17, 15) is 9.59 Å². The zero-order valence-corrected chi connectivity index (χ0v) is 7.25. The minimum atomic E-state index is 0.0850. The van der Waals surface area contributed by atoms with Crippen molar-refractivity contribution < 1.29 is 9.59 Å². The Bertz CT molecular complexity index is 340. The van der Waals surface area contributed by atoms with Gasteiger partial charge in [-0.25, -0.2) is 0 Å². The predicted octanol–water partition coefficient (Wildman–Crippen LogP) is 1.42. The van der Waals surface area contributed by atoms with Crippen LogP contribution in [0.3, 0.4) is 0 Å². The monoisotopic (exact) mass is 174 g/mol. The fraction of sp³-hybridized carbons (Fsp3) is 0.455. The average molecular weight is 174 g/mol. The molecule has 0 aromatic heterocycles. The molecule has 13 heavy (non-hydrogen) atoms. The van der Waals surface area contributed by atoms with Gasteiger partial charge in [0.15, 0.2) is 11.6 Å². The third-order valence-corrected chi connectivity index (χ3v) is 3.46. The van der Waals surface area contributed by atoms with Crippen LogP contribution in [-0.2, 0) is 9.59 Å². The first kappa shape index (κ1) is 7.25. The van der Waals surface area contributed by atoms with Crippen molar-refractivity contribution in [2.75, 3.05) is 0 Å². The summed E-state index contributed by atoms with van der Waals surface area (Å²) in [6.45, 7) is 0. The highest BCUT2D eigenvalue weighted by Gasteiger charge is 2.44. The number of ketones is 2. The molecule has 0 N–H and O–H groups in total. The van der Waals surface area contributed by atoms with Gasteiger partial charge >= 0.3 is 0 Å². The van der Waals surface area contributed by atoms with Crippen LogP contribution in [0.5, 0.6) is 0 Å². The number of fused-ring (bicyclic) bond motifs is 4. The molecule has 1 fully saturated rings. The topological polar surface area (TPSA) is 34.1 Å². The van der Waals surface area contributed by atoms with Gasteiger partial charge in [0.1, 0.15) is 0 Å². The third-order valence-electron chi connectivity index (χ3n) is 3.46. The first-order valence-electron chi connectivity index (χ1n) is 4.78. The van der Waals surface area contributed by atoms with Crippen molar-refractivity contribution >= 4 is 11.6 Å². The van der Waals surface area contributed by atoms with Crippen molar-refractivity contribution in [3.8, 4) is 0 Å². The first-order valence-corrected chi connectivity index (χ1v) is 4.78. The van der Waals surface area contributed by atoms with E-state index in [0.29, 0.717) is 11.8 Å². The second kappa shape index (κ2) is 2.19. The van der Waals surface area contributed by atoms with Crippen LogP contribution in [0.4, 0.5) is 0 Å². The highest BCUT2D eigenvalue weighted by molar-refractivity contribution is 6.21. The zero-order chi connectivity index (χ0) is 9.00. The highest BCUT2D eigenvalue weighted by atomic mass is 16.1. The van der Waals surface area contributed by atoms with E-state index in [0.717, 1.165) is 30.4 Å². The smallest absolute Gasteiger partial charge is 0.182 e. The molecule has 0 unspecified atom stereocenters. The summed E-state index contributed by atoms with van der Waals surface area (Å²) in [5, 5.41) is 0. The summed E-state index contributed by atoms with van der Waals surface area (Å²) in [6.07, 6.45) is 6.13. The maximum atomic E-state index is 11.5. The molecule has 0 aromatic carbocycles. The molecule has 3 aliphatic rings. The summed E-state index contributed by atoms with van der Waals surface area (Å²) in [7, 11) is 0. The van der Waals surface area contributed by atoms with Crippen molar-refractivity contribution in [1.82, 2.24) is 0 Å². The Morgan fingerprint density at radius 2 is 1.38 bits per heavy atom. The molecule has 0 amide bonds. The Labute approximate surface area is 76.3 Å². The van der Waals surface area contributed by atoms with Gasteiger partial charge in [0.05, 0.1) is 0 Å². The molecule has 0 aromatic rings. The van der Waals surface area contributed by atoms with E-state index in [2.05, 4.69) is 0 Å². The molecule has 0 aliphatic heterocycles. The van der Waals surface area contributed by atoms with Gasteiger partial charge in [-0.1, -0.05) is 0 Å². The maximum Gasteiger partial charge on any atom is 0.182 e. The molecule has 2 heteroatoms. The van der Waals surface area contributed by atoms with Crippen LogP contribution in [-0.4, -0.2) is 11.6 Å². The standard InChI is InChI=1S/C11H10O2/c12-8-3-4-9(13)11-7-2-1-6(5-7)10(8)11/h3-4,6-7H,1-2,5H2/t6-,7+. The Balaban J connectivity index is 2.17. The van der Waals surface area contributed by atoms with Crippen molar-refractivity contribution in [2.45, 2.75) is 19.3 Å². The van der Waals surface area contributed by atoms with Crippen LogP contribution in [0.25, 0.3) is 0 Å². The van der Waals surface area contributed by atoms with E-state index < -0.39 is 0 Å². The van der Waals surface area contributed by atoms with E-state index in [4.69, 9.17) is 0 Å². The van der Waals surface area contributed by atoms with Gasteiger partial charge in [0, 0.05) is 11.1 Å². The maximum absolute atomic E-state index is 11.5. The minimum absolute atomic E-state index is 0.0850. The van der Waals surface area contributed by atoms with E-state index >= 15 is 0 Å². The first-order chi connectivity index (χ1) is 6.27. The van der Waals surface area contributed by atoms with Crippen LogP contribution in [0.2, 0.25) is 0 Å². The molecule has 0 heterocycles. The second-order valence-corrected chi connectivity index (χ2v) is 4.10. The zero-order valence-electron chi connectivity index (χ0n) is 7.25. The molecule has 66 valence electrons. The lowest BCUT2D eigenvalue weighted by Crippen LogP contribution is -2.19. The van der Waals surface area contributed by atoms with E-state index in [1.54, 1.807) is 0 Å². The Kier molecular flexibility index (Phi) is 1.22. The molecular weight excluding hydrogens is 164 g/mol. The molecule has 1 saturated carbocycles. The fourth-order valence-corrected chi connectivity index (χ4v) is 2.94. The Morgan fingerprint density at radius 1 is 0.923 bits per heavy atom. The molecule has 2 nitrogen and oxygen atoms in total. The third kappa shape index (κ3) is 0.781. The van der Waals surface area contributed by atoms with Gasteiger partial charge in [-0.2, -0.15) is 0 Å². The molecule has 2 bridgehead atoms. The van der Waals surface area contributed by atoms with Gasteiger partial charge in [-0.15, -0.1) is 0 Å². The molecule has 0 radical (unpaired) electrons. The number of hydrogen-bond donors (Lipinski definition) is 0. The number of rotatable bonds is 0. The second-order valence-electron chi connectivity index (χ2n) is 4.10. The highest BCUT2D eigenvalue weighted by Crippen LogP contribution is 2.50. The van der Waals surface area contributed by atoms with Crippen molar-refractivity contribution in [3.63, 3.8) is 0 Å². The molecule has 2 atom stereocenters. The van der Waals surface area contributed by atoms with Crippen molar-refractivity contribution in [2.24, 2.45) is 11.8 Å². The van der Waals surface area contributed by atoms with Gasteiger partial charge in [-0.3, -0.25) is 9.59 Å². The summed E-state index contributed by atoms with van der Waals surface area (Å²) < 4.78 is 0. The largest absolute Gasteiger partial charge is 0.290 e. The lowest BCUT2D eigenvalue weighted by Gasteiger charge is -2.18. The molecule has 3 aliphatic carbocycles. The number of carbonyl (C=O) groups is 2. The Hall–Kier alpha value is -1.18. The summed E-state index contributed by atoms with van der Waals surface area (Å²) >= 11 is 0. The van der Waals surface area contributed by atoms with Crippen LogP contribution in [0, 0.1) is 11.8 Å².